The van der Waals surface area contributed by atoms with Crippen LogP contribution < -0.4 is 5.73 Å². The van der Waals surface area contributed by atoms with Gasteiger partial charge in [0, 0.05) is 26.3 Å². The summed E-state index contributed by atoms with van der Waals surface area (Å²) in [5.41, 5.74) is 4.97. The molecule has 0 radical (unpaired) electrons. The van der Waals surface area contributed by atoms with Crippen molar-refractivity contribution in [1.82, 2.24) is 4.90 Å². The second-order valence-electron chi connectivity index (χ2n) is 4.41. The van der Waals surface area contributed by atoms with E-state index in [2.05, 4.69) is 0 Å². The Morgan fingerprint density at radius 2 is 1.53 bits per heavy atom. The Bertz CT molecular complexity index is 204. The molecule has 0 spiro atoms. The van der Waals surface area contributed by atoms with Gasteiger partial charge < -0.3 is 20.1 Å². The third-order valence-electron chi connectivity index (χ3n) is 2.26. The van der Waals surface area contributed by atoms with E-state index in [1.807, 2.05) is 13.8 Å². The van der Waals surface area contributed by atoms with Gasteiger partial charge in [0.1, 0.15) is 0 Å². The molecule has 0 aromatic heterocycles. The number of ether oxygens (including phenoxy) is 2. The topological polar surface area (TPSA) is 64.8 Å². The number of hydrogen-bond acceptors (Lipinski definition) is 4. The summed E-state index contributed by atoms with van der Waals surface area (Å²) in [6, 6.07) is 0. The lowest BCUT2D eigenvalue weighted by atomic mass is 10.1. The van der Waals surface area contributed by atoms with E-state index in [9.17, 15) is 4.79 Å². The molecule has 2 N–H and O–H groups in total. The first kappa shape index (κ1) is 16.4. The lowest BCUT2D eigenvalue weighted by Gasteiger charge is -2.29. The molecular formula is C12H26N2O3. The Morgan fingerprint density at radius 1 is 1.12 bits per heavy atom. The van der Waals surface area contributed by atoms with Crippen LogP contribution in [0.2, 0.25) is 0 Å². The fourth-order valence-corrected chi connectivity index (χ4v) is 1.36. The molecule has 5 nitrogen and oxygen atoms in total. The quantitative estimate of drug-likeness (QED) is 0.606. The second kappa shape index (κ2) is 8.44. The van der Waals surface area contributed by atoms with Gasteiger partial charge in [-0.05, 0) is 27.7 Å². The standard InChI is InChI=1S/C12H26N2O3/c1-5-16-9-7-14(8-10-17-6-2)11(15)12(3,4)13/h5-10,13H2,1-4H3. The van der Waals surface area contributed by atoms with Gasteiger partial charge in [-0.25, -0.2) is 0 Å². The molecule has 0 aromatic rings. The van der Waals surface area contributed by atoms with Crippen LogP contribution in [0.5, 0.6) is 0 Å². The average molecular weight is 246 g/mol. The van der Waals surface area contributed by atoms with Gasteiger partial charge in [-0.15, -0.1) is 0 Å². The summed E-state index contributed by atoms with van der Waals surface area (Å²) < 4.78 is 10.5. The minimum Gasteiger partial charge on any atom is -0.380 e. The number of rotatable bonds is 9. The highest BCUT2D eigenvalue weighted by atomic mass is 16.5. The van der Waals surface area contributed by atoms with Crippen molar-refractivity contribution in [2.45, 2.75) is 33.2 Å². The lowest BCUT2D eigenvalue weighted by Crippen LogP contribution is -2.52. The maximum Gasteiger partial charge on any atom is 0.242 e. The first-order valence-corrected chi connectivity index (χ1v) is 6.17. The number of nitrogens with zero attached hydrogens (tertiary/aromatic N) is 1. The van der Waals surface area contributed by atoms with Crippen molar-refractivity contribution >= 4 is 5.91 Å². The van der Waals surface area contributed by atoms with Crippen LogP contribution in [0.15, 0.2) is 0 Å². The molecule has 0 saturated heterocycles. The molecule has 0 aliphatic carbocycles. The Kier molecular flexibility index (Phi) is 8.12. The van der Waals surface area contributed by atoms with Crippen molar-refractivity contribution in [2.24, 2.45) is 5.73 Å². The Morgan fingerprint density at radius 3 is 1.82 bits per heavy atom. The van der Waals surface area contributed by atoms with Crippen LogP contribution in [0.3, 0.4) is 0 Å². The maximum atomic E-state index is 12.0. The lowest BCUT2D eigenvalue weighted by molar-refractivity contribution is -0.137. The predicted molar refractivity (Wildman–Crippen MR) is 67.8 cm³/mol. The summed E-state index contributed by atoms with van der Waals surface area (Å²) in [6.07, 6.45) is 0. The van der Waals surface area contributed by atoms with E-state index in [1.54, 1.807) is 18.7 Å². The SMILES string of the molecule is CCOCCN(CCOCC)C(=O)C(C)(C)N. The minimum atomic E-state index is -0.849. The first-order valence-electron chi connectivity index (χ1n) is 6.17. The van der Waals surface area contributed by atoms with Crippen molar-refractivity contribution in [2.75, 3.05) is 39.5 Å². The fraction of sp³-hybridized carbons (Fsp3) is 0.917. The molecule has 0 aromatic carbocycles. The van der Waals surface area contributed by atoms with E-state index >= 15 is 0 Å². The zero-order chi connectivity index (χ0) is 13.3. The molecule has 0 aliphatic heterocycles. The molecule has 0 atom stereocenters. The van der Waals surface area contributed by atoms with Crippen LogP contribution in [0.1, 0.15) is 27.7 Å². The van der Waals surface area contributed by atoms with Crippen molar-refractivity contribution in [1.29, 1.82) is 0 Å². The Balaban J connectivity index is 4.23. The molecule has 0 rings (SSSR count). The van der Waals surface area contributed by atoms with Crippen molar-refractivity contribution < 1.29 is 14.3 Å². The van der Waals surface area contributed by atoms with E-state index < -0.39 is 5.54 Å². The van der Waals surface area contributed by atoms with Crippen LogP contribution in [-0.4, -0.2) is 55.9 Å². The van der Waals surface area contributed by atoms with Crippen molar-refractivity contribution in [3.63, 3.8) is 0 Å². The molecule has 102 valence electrons. The molecule has 0 heterocycles. The van der Waals surface area contributed by atoms with Gasteiger partial charge in [0.05, 0.1) is 18.8 Å². The van der Waals surface area contributed by atoms with Crippen LogP contribution in [0.25, 0.3) is 0 Å². The van der Waals surface area contributed by atoms with Gasteiger partial charge in [-0.1, -0.05) is 0 Å². The predicted octanol–water partition coefficient (Wildman–Crippen LogP) is 0.625. The van der Waals surface area contributed by atoms with Gasteiger partial charge in [-0.3, -0.25) is 4.79 Å². The van der Waals surface area contributed by atoms with E-state index in [0.717, 1.165) is 0 Å². The zero-order valence-electron chi connectivity index (χ0n) is 11.5. The number of carbonyl (C=O) groups is 1. The van der Waals surface area contributed by atoms with Crippen LogP contribution in [0, 0.1) is 0 Å². The highest BCUT2D eigenvalue weighted by Crippen LogP contribution is 2.04. The smallest absolute Gasteiger partial charge is 0.242 e. The molecule has 0 bridgehead atoms. The summed E-state index contributed by atoms with van der Waals surface area (Å²) >= 11 is 0. The molecule has 0 unspecified atom stereocenters. The Hall–Kier alpha value is -0.650. The number of nitrogens with two attached hydrogens (primary N) is 1. The third-order valence-corrected chi connectivity index (χ3v) is 2.26. The zero-order valence-corrected chi connectivity index (χ0v) is 11.5. The summed E-state index contributed by atoms with van der Waals surface area (Å²) in [7, 11) is 0. The van der Waals surface area contributed by atoms with Crippen LogP contribution >= 0.6 is 0 Å². The highest BCUT2D eigenvalue weighted by Gasteiger charge is 2.27. The van der Waals surface area contributed by atoms with Crippen molar-refractivity contribution in [3.05, 3.63) is 0 Å². The highest BCUT2D eigenvalue weighted by molar-refractivity contribution is 5.85. The van der Waals surface area contributed by atoms with E-state index in [4.69, 9.17) is 15.2 Å². The van der Waals surface area contributed by atoms with Gasteiger partial charge in [0.15, 0.2) is 0 Å². The molecule has 17 heavy (non-hydrogen) atoms. The second-order valence-corrected chi connectivity index (χ2v) is 4.41. The Labute approximate surface area is 104 Å². The van der Waals surface area contributed by atoms with E-state index in [-0.39, 0.29) is 5.91 Å². The normalized spacial score (nSPS) is 11.6. The van der Waals surface area contributed by atoms with Crippen molar-refractivity contribution in [3.8, 4) is 0 Å². The largest absolute Gasteiger partial charge is 0.380 e. The first-order chi connectivity index (χ1) is 7.93. The molecule has 5 heteroatoms. The number of carbonyl (C=O) groups excluding carboxylic acids is 1. The maximum absolute atomic E-state index is 12.0. The van der Waals surface area contributed by atoms with E-state index in [0.29, 0.717) is 39.5 Å². The number of amides is 1. The number of hydrogen-bond donors (Lipinski definition) is 1. The summed E-state index contributed by atoms with van der Waals surface area (Å²) in [5.74, 6) is -0.0723. The van der Waals surface area contributed by atoms with E-state index in [1.165, 1.54) is 0 Å². The molecule has 0 aliphatic rings. The summed E-state index contributed by atoms with van der Waals surface area (Å²) in [6.45, 7) is 10.8. The summed E-state index contributed by atoms with van der Waals surface area (Å²) in [4.78, 5) is 13.7. The van der Waals surface area contributed by atoms with Crippen LogP contribution in [0.4, 0.5) is 0 Å². The van der Waals surface area contributed by atoms with Gasteiger partial charge in [0.2, 0.25) is 5.91 Å². The monoisotopic (exact) mass is 246 g/mol. The molecular weight excluding hydrogens is 220 g/mol. The minimum absolute atomic E-state index is 0.0723. The summed E-state index contributed by atoms with van der Waals surface area (Å²) in [5, 5.41) is 0. The van der Waals surface area contributed by atoms with Gasteiger partial charge in [-0.2, -0.15) is 0 Å². The van der Waals surface area contributed by atoms with Gasteiger partial charge >= 0.3 is 0 Å². The third kappa shape index (κ3) is 7.31. The molecule has 1 amide bonds. The van der Waals surface area contributed by atoms with Gasteiger partial charge in [0.25, 0.3) is 0 Å². The molecule has 0 fully saturated rings. The fourth-order valence-electron chi connectivity index (χ4n) is 1.36. The average Bonchev–Trinajstić information content (AvgIpc) is 2.25. The molecule has 0 saturated carbocycles. The van der Waals surface area contributed by atoms with Crippen LogP contribution in [-0.2, 0) is 14.3 Å².